The maximum Gasteiger partial charge on any atom is 0.186 e. The lowest BCUT2D eigenvalue weighted by atomic mass is 10.2. The van der Waals surface area contributed by atoms with Crippen LogP contribution in [0.2, 0.25) is 0 Å². The molecule has 19 heavy (non-hydrogen) atoms. The van der Waals surface area contributed by atoms with Crippen molar-refractivity contribution in [3.63, 3.8) is 0 Å². The molecule has 0 saturated heterocycles. The molecule has 0 aliphatic heterocycles. The summed E-state index contributed by atoms with van der Waals surface area (Å²) in [5.41, 5.74) is 3.58. The van der Waals surface area contributed by atoms with Gasteiger partial charge in [-0.1, -0.05) is 0 Å². The summed E-state index contributed by atoms with van der Waals surface area (Å²) in [4.78, 5) is 0. The van der Waals surface area contributed by atoms with Gasteiger partial charge in [-0.05, 0) is 52.8 Å². The number of hydrogen-bond acceptors (Lipinski definition) is 4. The van der Waals surface area contributed by atoms with Crippen molar-refractivity contribution in [2.75, 3.05) is 20.8 Å². The fraction of sp³-hybridized carbons (Fsp3) is 0.333. The van der Waals surface area contributed by atoms with Crippen molar-refractivity contribution < 1.29 is 9.47 Å². The van der Waals surface area contributed by atoms with Gasteiger partial charge >= 0.3 is 0 Å². The Morgan fingerprint density at radius 3 is 2.74 bits per heavy atom. The van der Waals surface area contributed by atoms with Gasteiger partial charge in [0.2, 0.25) is 0 Å². The highest BCUT2D eigenvalue weighted by atomic mass is 79.9. The van der Waals surface area contributed by atoms with Gasteiger partial charge in [-0.3, -0.25) is 5.43 Å². The molecule has 1 aromatic carbocycles. The van der Waals surface area contributed by atoms with E-state index in [1.807, 2.05) is 19.1 Å². The van der Waals surface area contributed by atoms with Crippen molar-refractivity contribution in [2.45, 2.75) is 6.92 Å². The number of thiocarbonyl (C=S) groups is 1. The summed E-state index contributed by atoms with van der Waals surface area (Å²) in [5, 5.41) is 7.46. The summed E-state index contributed by atoms with van der Waals surface area (Å²) in [6.45, 7) is 2.71. The Morgan fingerprint density at radius 2 is 2.16 bits per heavy atom. The highest BCUT2D eigenvalue weighted by Gasteiger charge is 2.09. The fourth-order valence-electron chi connectivity index (χ4n) is 1.38. The summed E-state index contributed by atoms with van der Waals surface area (Å²) < 4.78 is 11.3. The van der Waals surface area contributed by atoms with E-state index < -0.39 is 0 Å². The monoisotopic (exact) mass is 345 g/mol. The number of methoxy groups -OCH3 is 2. The van der Waals surface area contributed by atoms with Crippen LogP contribution in [0.4, 0.5) is 0 Å². The lowest BCUT2D eigenvalue weighted by Crippen LogP contribution is -2.31. The van der Waals surface area contributed by atoms with E-state index >= 15 is 0 Å². The zero-order chi connectivity index (χ0) is 14.3. The molecule has 1 rings (SSSR count). The van der Waals surface area contributed by atoms with Gasteiger partial charge in [-0.15, -0.1) is 0 Å². The molecule has 1 aromatic rings. The van der Waals surface area contributed by atoms with Gasteiger partial charge in [-0.25, -0.2) is 0 Å². The van der Waals surface area contributed by atoms with Gasteiger partial charge < -0.3 is 14.8 Å². The fourth-order valence-corrected chi connectivity index (χ4v) is 2.20. The van der Waals surface area contributed by atoms with E-state index in [0.717, 1.165) is 16.6 Å². The van der Waals surface area contributed by atoms with Gasteiger partial charge in [0.1, 0.15) is 0 Å². The van der Waals surface area contributed by atoms with E-state index in [1.54, 1.807) is 20.4 Å². The predicted octanol–water partition coefficient (Wildman–Crippen LogP) is 2.28. The number of halogens is 1. The third-order valence-corrected chi connectivity index (χ3v) is 3.00. The Hall–Kier alpha value is -1.34. The van der Waals surface area contributed by atoms with E-state index in [4.69, 9.17) is 21.7 Å². The molecule has 104 valence electrons. The molecule has 0 fully saturated rings. The Kier molecular flexibility index (Phi) is 6.58. The normalized spacial score (nSPS) is 10.3. The summed E-state index contributed by atoms with van der Waals surface area (Å²) in [7, 11) is 3.18. The molecule has 0 aliphatic carbocycles. The van der Waals surface area contributed by atoms with Crippen molar-refractivity contribution in [3.05, 3.63) is 22.2 Å². The molecule has 0 atom stereocenters. The first kappa shape index (κ1) is 15.7. The standard InChI is InChI=1S/C12H16BrN3O2S/c1-4-14-12(19)16-15-7-8-5-9(13)11(18-3)10(6-8)17-2/h5-7H,4H2,1-3H3,(H2,14,16,19)/b15-7+. The average molecular weight is 346 g/mol. The predicted molar refractivity (Wildman–Crippen MR) is 84.3 cm³/mol. The van der Waals surface area contributed by atoms with Crippen molar-refractivity contribution in [1.29, 1.82) is 0 Å². The first-order chi connectivity index (χ1) is 9.12. The molecule has 0 radical (unpaired) electrons. The molecule has 0 heterocycles. The van der Waals surface area contributed by atoms with Crippen LogP contribution in [0.1, 0.15) is 12.5 Å². The first-order valence-corrected chi connectivity index (χ1v) is 6.80. The van der Waals surface area contributed by atoms with Crippen LogP contribution in [0.25, 0.3) is 0 Å². The second-order valence-corrected chi connectivity index (χ2v) is 4.73. The van der Waals surface area contributed by atoms with Crippen LogP contribution in [-0.2, 0) is 0 Å². The highest BCUT2D eigenvalue weighted by molar-refractivity contribution is 9.10. The Bertz CT molecular complexity index is 480. The van der Waals surface area contributed by atoms with E-state index in [0.29, 0.717) is 16.6 Å². The molecular weight excluding hydrogens is 330 g/mol. The molecular formula is C12H16BrN3O2S. The molecule has 7 heteroatoms. The molecule has 0 amide bonds. The SMILES string of the molecule is CCNC(=S)N/N=C/c1cc(Br)c(OC)c(OC)c1. The Morgan fingerprint density at radius 1 is 1.42 bits per heavy atom. The van der Waals surface area contributed by atoms with E-state index in [2.05, 4.69) is 31.8 Å². The molecule has 0 spiro atoms. The van der Waals surface area contributed by atoms with Gasteiger partial charge in [0.05, 0.1) is 24.9 Å². The quantitative estimate of drug-likeness (QED) is 0.487. The largest absolute Gasteiger partial charge is 0.493 e. The molecule has 0 unspecified atom stereocenters. The minimum absolute atomic E-state index is 0.485. The first-order valence-electron chi connectivity index (χ1n) is 5.60. The molecule has 0 saturated carbocycles. The third kappa shape index (κ3) is 4.68. The van der Waals surface area contributed by atoms with E-state index in [9.17, 15) is 0 Å². The van der Waals surface area contributed by atoms with Crippen LogP contribution in [0.5, 0.6) is 11.5 Å². The van der Waals surface area contributed by atoms with Crippen molar-refractivity contribution in [1.82, 2.24) is 10.7 Å². The van der Waals surface area contributed by atoms with Crippen LogP contribution < -0.4 is 20.2 Å². The smallest absolute Gasteiger partial charge is 0.186 e. The van der Waals surface area contributed by atoms with Crippen LogP contribution in [0.3, 0.4) is 0 Å². The number of ether oxygens (including phenoxy) is 2. The van der Waals surface area contributed by atoms with Gasteiger partial charge in [0, 0.05) is 6.54 Å². The zero-order valence-electron chi connectivity index (χ0n) is 11.0. The second-order valence-electron chi connectivity index (χ2n) is 3.47. The maximum atomic E-state index is 5.25. The molecule has 0 aromatic heterocycles. The number of hydrogen-bond donors (Lipinski definition) is 2. The van der Waals surface area contributed by atoms with Gasteiger partial charge in [-0.2, -0.15) is 5.10 Å². The summed E-state index contributed by atoms with van der Waals surface area (Å²) in [5.74, 6) is 1.28. The number of nitrogens with one attached hydrogen (secondary N) is 2. The van der Waals surface area contributed by atoms with Gasteiger partial charge in [0.15, 0.2) is 16.6 Å². The summed E-state index contributed by atoms with van der Waals surface area (Å²) in [6, 6.07) is 3.70. The third-order valence-electron chi connectivity index (χ3n) is 2.17. The van der Waals surface area contributed by atoms with Crippen molar-refractivity contribution >= 4 is 39.5 Å². The molecule has 0 bridgehead atoms. The lowest BCUT2D eigenvalue weighted by Gasteiger charge is -2.10. The van der Waals surface area contributed by atoms with Crippen LogP contribution in [0, 0.1) is 0 Å². The summed E-state index contributed by atoms with van der Waals surface area (Å²) >= 11 is 8.41. The van der Waals surface area contributed by atoms with Gasteiger partial charge in [0.25, 0.3) is 0 Å². The number of hydrazone groups is 1. The molecule has 0 aliphatic rings. The van der Waals surface area contributed by atoms with Crippen molar-refractivity contribution in [2.24, 2.45) is 5.10 Å². The summed E-state index contributed by atoms with van der Waals surface area (Å²) in [6.07, 6.45) is 1.65. The van der Waals surface area contributed by atoms with Crippen LogP contribution in [-0.4, -0.2) is 32.1 Å². The topological polar surface area (TPSA) is 54.9 Å². The molecule has 5 nitrogen and oxygen atoms in total. The molecule has 2 N–H and O–H groups in total. The minimum Gasteiger partial charge on any atom is -0.493 e. The Labute approximate surface area is 126 Å². The van der Waals surface area contributed by atoms with E-state index in [1.165, 1.54) is 0 Å². The lowest BCUT2D eigenvalue weighted by molar-refractivity contribution is 0.353. The van der Waals surface area contributed by atoms with E-state index in [-0.39, 0.29) is 0 Å². The average Bonchev–Trinajstić information content (AvgIpc) is 2.38. The Balaban J connectivity index is 2.82. The van der Waals surface area contributed by atoms with Crippen LogP contribution >= 0.6 is 28.1 Å². The number of benzene rings is 1. The minimum atomic E-state index is 0.485. The zero-order valence-corrected chi connectivity index (χ0v) is 13.4. The number of rotatable bonds is 5. The highest BCUT2D eigenvalue weighted by Crippen LogP contribution is 2.35. The second kappa shape index (κ2) is 7.96. The number of nitrogens with zero attached hydrogens (tertiary/aromatic N) is 1. The van der Waals surface area contributed by atoms with Crippen molar-refractivity contribution in [3.8, 4) is 11.5 Å². The van der Waals surface area contributed by atoms with Crippen LogP contribution in [0.15, 0.2) is 21.7 Å². The maximum absolute atomic E-state index is 5.25.